The smallest absolute Gasteiger partial charge is 0.438 e. The van der Waals surface area contributed by atoms with Gasteiger partial charge in [-0.2, -0.15) is 18.3 Å². The number of rotatable bonds is 2. The number of benzene rings is 1. The van der Waals surface area contributed by atoms with E-state index in [1.807, 2.05) is 0 Å². The van der Waals surface area contributed by atoms with Crippen LogP contribution in [0, 0.1) is 0 Å². The molecule has 2 N–H and O–H groups in total. The minimum atomic E-state index is -4.79. The highest BCUT2D eigenvalue weighted by Gasteiger charge is 2.56. The van der Waals surface area contributed by atoms with Gasteiger partial charge >= 0.3 is 6.18 Å². The van der Waals surface area contributed by atoms with Gasteiger partial charge in [-0.3, -0.25) is 5.43 Å². The van der Waals surface area contributed by atoms with Gasteiger partial charge in [0.25, 0.3) is 5.72 Å². The minimum absolute atomic E-state index is 0.104. The fraction of sp³-hybridized carbons (Fsp3) is 0.308. The number of hydrogen-bond acceptors (Lipinski definition) is 5. The van der Waals surface area contributed by atoms with E-state index in [4.69, 9.17) is 9.47 Å². The van der Waals surface area contributed by atoms with Crippen molar-refractivity contribution < 1.29 is 27.8 Å². The molecule has 0 saturated heterocycles. The summed E-state index contributed by atoms with van der Waals surface area (Å²) in [5.74, 6) is 1.20. The summed E-state index contributed by atoms with van der Waals surface area (Å²) >= 11 is 0. The van der Waals surface area contributed by atoms with Crippen molar-refractivity contribution in [3.05, 3.63) is 29.8 Å². The number of aliphatic hydroxyl groups is 1. The van der Waals surface area contributed by atoms with E-state index in [0.717, 1.165) is 5.56 Å². The molecule has 112 valence electrons. The standard InChI is InChI=1S/C13H11F3N2O3/c14-13(15,16)12(19)6-9(17-18-12)3-1-8-2-4-10-11(5-8)21-7-20-10/h1-5,18-19H,6-7H2. The molecule has 0 saturated carbocycles. The topological polar surface area (TPSA) is 63.1 Å². The van der Waals surface area contributed by atoms with Crippen LogP contribution < -0.4 is 14.9 Å². The molecular weight excluding hydrogens is 289 g/mol. The van der Waals surface area contributed by atoms with Crippen LogP contribution in [0.3, 0.4) is 0 Å². The first-order valence-electron chi connectivity index (χ1n) is 6.08. The van der Waals surface area contributed by atoms with E-state index in [-0.39, 0.29) is 12.5 Å². The van der Waals surface area contributed by atoms with E-state index in [9.17, 15) is 18.3 Å². The summed E-state index contributed by atoms with van der Waals surface area (Å²) in [7, 11) is 0. The van der Waals surface area contributed by atoms with Gasteiger partial charge < -0.3 is 14.6 Å². The van der Waals surface area contributed by atoms with E-state index in [2.05, 4.69) is 5.10 Å². The van der Waals surface area contributed by atoms with Crippen LogP contribution in [0.1, 0.15) is 12.0 Å². The van der Waals surface area contributed by atoms with Crippen LogP contribution in [-0.4, -0.2) is 29.5 Å². The predicted molar refractivity (Wildman–Crippen MR) is 67.8 cm³/mol. The molecule has 0 fully saturated rings. The first-order valence-corrected chi connectivity index (χ1v) is 6.08. The number of hydrogen-bond donors (Lipinski definition) is 2. The van der Waals surface area contributed by atoms with Crippen LogP contribution in [0.4, 0.5) is 13.2 Å². The van der Waals surface area contributed by atoms with Crippen molar-refractivity contribution in [2.45, 2.75) is 18.3 Å². The lowest BCUT2D eigenvalue weighted by Gasteiger charge is -2.24. The number of halogens is 3. The fourth-order valence-corrected chi connectivity index (χ4v) is 1.97. The molecule has 0 amide bonds. The summed E-state index contributed by atoms with van der Waals surface area (Å²) in [6.45, 7) is 0.151. The van der Waals surface area contributed by atoms with Crippen LogP contribution in [0.2, 0.25) is 0 Å². The molecule has 0 bridgehead atoms. The number of nitrogens with one attached hydrogen (secondary N) is 1. The van der Waals surface area contributed by atoms with Gasteiger partial charge in [-0.15, -0.1) is 0 Å². The van der Waals surface area contributed by atoms with E-state index >= 15 is 0 Å². The molecule has 0 spiro atoms. The highest BCUT2D eigenvalue weighted by atomic mass is 19.4. The number of alkyl halides is 3. The van der Waals surface area contributed by atoms with E-state index < -0.39 is 18.3 Å². The Morgan fingerprint density at radius 2 is 2.00 bits per heavy atom. The van der Waals surface area contributed by atoms with Gasteiger partial charge in [0.2, 0.25) is 6.79 Å². The van der Waals surface area contributed by atoms with Crippen LogP contribution in [0.25, 0.3) is 6.08 Å². The molecule has 1 aromatic rings. The van der Waals surface area contributed by atoms with Crippen LogP contribution in [-0.2, 0) is 0 Å². The number of ether oxygens (including phenoxy) is 2. The molecule has 1 aromatic carbocycles. The molecule has 1 unspecified atom stereocenters. The molecule has 2 aliphatic rings. The van der Waals surface area contributed by atoms with E-state index in [0.29, 0.717) is 11.5 Å². The van der Waals surface area contributed by atoms with Gasteiger partial charge in [0.1, 0.15) is 0 Å². The molecule has 2 heterocycles. The Morgan fingerprint density at radius 1 is 1.24 bits per heavy atom. The normalized spacial score (nSPS) is 24.3. The SMILES string of the molecule is OC1(C(F)(F)F)CC(C=Cc2ccc3c(c2)OCO3)=NN1. The van der Waals surface area contributed by atoms with Crippen molar-refractivity contribution in [1.82, 2.24) is 5.43 Å². The third-order valence-electron chi connectivity index (χ3n) is 3.16. The number of allylic oxidation sites excluding steroid dienone is 1. The average molecular weight is 300 g/mol. The molecule has 3 rings (SSSR count). The summed E-state index contributed by atoms with van der Waals surface area (Å²) in [5, 5.41) is 12.9. The maximum Gasteiger partial charge on any atom is 0.438 e. The molecule has 1 atom stereocenters. The van der Waals surface area contributed by atoms with E-state index in [1.165, 1.54) is 6.08 Å². The van der Waals surface area contributed by atoms with Crippen molar-refractivity contribution in [3.8, 4) is 11.5 Å². The molecule has 8 heteroatoms. The highest BCUT2D eigenvalue weighted by Crippen LogP contribution is 2.35. The number of nitrogens with zero attached hydrogens (tertiary/aromatic N) is 1. The second kappa shape index (κ2) is 4.66. The lowest BCUT2D eigenvalue weighted by atomic mass is 10.1. The minimum Gasteiger partial charge on any atom is -0.454 e. The second-order valence-electron chi connectivity index (χ2n) is 4.70. The Hall–Kier alpha value is -2.22. The van der Waals surface area contributed by atoms with Gasteiger partial charge in [0.05, 0.1) is 12.1 Å². The molecule has 5 nitrogen and oxygen atoms in total. The Bertz CT molecular complexity index is 628. The third-order valence-corrected chi connectivity index (χ3v) is 3.16. The van der Waals surface area contributed by atoms with Crippen molar-refractivity contribution >= 4 is 11.8 Å². The monoisotopic (exact) mass is 300 g/mol. The largest absolute Gasteiger partial charge is 0.454 e. The molecule has 0 aromatic heterocycles. The lowest BCUT2D eigenvalue weighted by Crippen LogP contribution is -2.52. The maximum absolute atomic E-state index is 12.6. The molecular formula is C13H11F3N2O3. The maximum atomic E-state index is 12.6. The zero-order valence-corrected chi connectivity index (χ0v) is 10.6. The van der Waals surface area contributed by atoms with Gasteiger partial charge in [0.15, 0.2) is 11.5 Å². The fourth-order valence-electron chi connectivity index (χ4n) is 1.97. The van der Waals surface area contributed by atoms with Crippen molar-refractivity contribution in [3.63, 3.8) is 0 Å². The highest BCUT2D eigenvalue weighted by molar-refractivity contribution is 5.99. The number of fused-ring (bicyclic) bond motifs is 1. The van der Waals surface area contributed by atoms with Crippen LogP contribution in [0.5, 0.6) is 11.5 Å². The molecule has 2 aliphatic heterocycles. The van der Waals surface area contributed by atoms with Gasteiger partial charge in [-0.25, -0.2) is 0 Å². The number of hydrazone groups is 1. The predicted octanol–water partition coefficient (Wildman–Crippen LogP) is 2.03. The van der Waals surface area contributed by atoms with Gasteiger partial charge in [-0.05, 0) is 23.8 Å². The first-order chi connectivity index (χ1) is 9.87. The Balaban J connectivity index is 1.71. The van der Waals surface area contributed by atoms with Crippen molar-refractivity contribution in [2.75, 3.05) is 6.79 Å². The summed E-state index contributed by atoms with van der Waals surface area (Å²) in [4.78, 5) is 0. The zero-order chi connectivity index (χ0) is 15.1. The van der Waals surface area contributed by atoms with Crippen molar-refractivity contribution in [1.29, 1.82) is 0 Å². The molecule has 0 aliphatic carbocycles. The van der Waals surface area contributed by atoms with Crippen LogP contribution >= 0.6 is 0 Å². The Labute approximate surface area is 117 Å². The summed E-state index contributed by atoms with van der Waals surface area (Å²) in [6.07, 6.45) is -2.43. The zero-order valence-electron chi connectivity index (χ0n) is 10.6. The summed E-state index contributed by atoms with van der Waals surface area (Å²) in [5.41, 5.74) is -0.444. The van der Waals surface area contributed by atoms with Crippen LogP contribution in [0.15, 0.2) is 29.4 Å². The lowest BCUT2D eigenvalue weighted by molar-refractivity contribution is -0.266. The first kappa shape index (κ1) is 13.7. The van der Waals surface area contributed by atoms with E-state index in [1.54, 1.807) is 29.7 Å². The quantitative estimate of drug-likeness (QED) is 0.877. The van der Waals surface area contributed by atoms with Crippen molar-refractivity contribution in [2.24, 2.45) is 5.10 Å². The summed E-state index contributed by atoms with van der Waals surface area (Å²) in [6, 6.07) is 5.16. The molecule has 0 radical (unpaired) electrons. The second-order valence-corrected chi connectivity index (χ2v) is 4.70. The Morgan fingerprint density at radius 3 is 2.71 bits per heavy atom. The van der Waals surface area contributed by atoms with Gasteiger partial charge in [-0.1, -0.05) is 12.1 Å². The Kier molecular flexibility index (Phi) is 3.05. The summed E-state index contributed by atoms with van der Waals surface area (Å²) < 4.78 is 48.1. The molecule has 21 heavy (non-hydrogen) atoms. The third kappa shape index (κ3) is 2.54. The van der Waals surface area contributed by atoms with Gasteiger partial charge in [0, 0.05) is 0 Å². The average Bonchev–Trinajstić information content (AvgIpc) is 3.02.